The van der Waals surface area contributed by atoms with Crippen LogP contribution in [0.15, 0.2) is 30.3 Å². The minimum Gasteiger partial charge on any atom is -0.466 e. The number of aryl methyl sites for hydroxylation is 1. The number of carbonyl (C=O) groups is 1. The van der Waals surface area contributed by atoms with E-state index in [0.29, 0.717) is 18.2 Å². The van der Waals surface area contributed by atoms with Crippen molar-refractivity contribution >= 4 is 17.6 Å². The molecule has 1 heterocycles. The van der Waals surface area contributed by atoms with Crippen LogP contribution in [0.1, 0.15) is 61.5 Å². The van der Waals surface area contributed by atoms with E-state index in [1.807, 2.05) is 19.1 Å². The third kappa shape index (κ3) is 7.97. The standard InChI is InChI=1S/C28H36ClF2NO4/c1-4-35-28(34)10-9-24-25(14-21(30)15-27(24)31)19(3)36-17-23(33)16-32-11-5-6-22(32)12-20-8-7-18(2)26(29)13-20/h7-8,13-15,19,22-23,33H,4-6,9-12,16-17H2,1-3H3/t19-,22+,23-/m1/s1. The van der Waals surface area contributed by atoms with Crippen molar-refractivity contribution in [2.45, 2.75) is 71.1 Å². The number of nitrogens with zero attached hydrogens (tertiary/aromatic N) is 1. The molecule has 1 fully saturated rings. The summed E-state index contributed by atoms with van der Waals surface area (Å²) in [5.41, 5.74) is 2.78. The van der Waals surface area contributed by atoms with Gasteiger partial charge in [-0.1, -0.05) is 23.7 Å². The maximum atomic E-state index is 14.5. The zero-order valence-corrected chi connectivity index (χ0v) is 22.0. The monoisotopic (exact) mass is 523 g/mol. The zero-order valence-electron chi connectivity index (χ0n) is 21.2. The predicted octanol–water partition coefficient (Wildman–Crippen LogP) is 5.57. The van der Waals surface area contributed by atoms with Gasteiger partial charge in [0.25, 0.3) is 0 Å². The number of ether oxygens (including phenoxy) is 2. The van der Waals surface area contributed by atoms with E-state index in [1.165, 1.54) is 11.6 Å². The number of hydrogen-bond acceptors (Lipinski definition) is 5. The van der Waals surface area contributed by atoms with E-state index in [1.54, 1.807) is 13.8 Å². The number of aliphatic hydroxyl groups is 1. The fraction of sp³-hybridized carbons (Fsp3) is 0.536. The minimum atomic E-state index is -0.754. The van der Waals surface area contributed by atoms with Gasteiger partial charge in [-0.05, 0) is 87.4 Å². The molecule has 1 aliphatic heterocycles. The first-order valence-corrected chi connectivity index (χ1v) is 13.0. The second-order valence-corrected chi connectivity index (χ2v) is 9.88. The molecule has 0 unspecified atom stereocenters. The Hall–Kier alpha value is -2.06. The van der Waals surface area contributed by atoms with Crippen molar-refractivity contribution in [3.05, 3.63) is 69.2 Å². The minimum absolute atomic E-state index is 0.0126. The fourth-order valence-electron chi connectivity index (χ4n) is 4.78. The van der Waals surface area contributed by atoms with Crippen LogP contribution in [0.3, 0.4) is 0 Å². The van der Waals surface area contributed by atoms with Gasteiger partial charge >= 0.3 is 5.97 Å². The Morgan fingerprint density at radius 1 is 1.28 bits per heavy atom. The molecule has 0 amide bonds. The lowest BCUT2D eigenvalue weighted by Crippen LogP contribution is -2.39. The molecule has 0 radical (unpaired) electrons. The molecule has 36 heavy (non-hydrogen) atoms. The summed E-state index contributed by atoms with van der Waals surface area (Å²) in [4.78, 5) is 14.0. The summed E-state index contributed by atoms with van der Waals surface area (Å²) in [5, 5.41) is 11.4. The highest BCUT2D eigenvalue weighted by atomic mass is 35.5. The van der Waals surface area contributed by atoms with E-state index in [2.05, 4.69) is 11.0 Å². The molecule has 0 saturated carbocycles. The van der Waals surface area contributed by atoms with Gasteiger partial charge in [-0.3, -0.25) is 9.69 Å². The third-order valence-electron chi connectivity index (χ3n) is 6.71. The number of esters is 1. The third-order valence-corrected chi connectivity index (χ3v) is 7.11. The normalized spacial score (nSPS) is 17.8. The first-order valence-electron chi connectivity index (χ1n) is 12.6. The van der Waals surface area contributed by atoms with Crippen molar-refractivity contribution in [2.24, 2.45) is 0 Å². The van der Waals surface area contributed by atoms with Gasteiger partial charge in [0.05, 0.1) is 25.4 Å². The van der Waals surface area contributed by atoms with Crippen LogP contribution < -0.4 is 0 Å². The smallest absolute Gasteiger partial charge is 0.306 e. The van der Waals surface area contributed by atoms with Crippen molar-refractivity contribution in [2.75, 3.05) is 26.3 Å². The van der Waals surface area contributed by atoms with Crippen LogP contribution in [0.25, 0.3) is 0 Å². The molecule has 0 spiro atoms. The summed E-state index contributed by atoms with van der Waals surface area (Å²) in [6.07, 6.45) is 1.61. The van der Waals surface area contributed by atoms with Gasteiger partial charge in [0, 0.05) is 30.1 Å². The number of β-amino-alcohol motifs (C(OH)–C–C–N with tert-alkyl or cyclic N) is 1. The molecule has 1 aliphatic rings. The summed E-state index contributed by atoms with van der Waals surface area (Å²) in [6, 6.07) is 8.46. The van der Waals surface area contributed by atoms with Crippen molar-refractivity contribution in [3.63, 3.8) is 0 Å². The van der Waals surface area contributed by atoms with Gasteiger partial charge in [0.1, 0.15) is 11.6 Å². The van der Waals surface area contributed by atoms with Crippen molar-refractivity contribution in [1.29, 1.82) is 0 Å². The average Bonchev–Trinajstić information content (AvgIpc) is 3.25. The van der Waals surface area contributed by atoms with Crippen LogP contribution in [-0.2, 0) is 27.1 Å². The van der Waals surface area contributed by atoms with Crippen LogP contribution in [0.5, 0.6) is 0 Å². The summed E-state index contributed by atoms with van der Waals surface area (Å²) in [7, 11) is 0. The van der Waals surface area contributed by atoms with Gasteiger partial charge in [-0.25, -0.2) is 8.78 Å². The molecule has 198 valence electrons. The highest BCUT2D eigenvalue weighted by molar-refractivity contribution is 6.31. The Balaban J connectivity index is 1.57. The van der Waals surface area contributed by atoms with Crippen LogP contribution in [0.4, 0.5) is 8.78 Å². The quantitative estimate of drug-likeness (QED) is 0.369. The molecule has 0 aliphatic carbocycles. The molecule has 1 saturated heterocycles. The first-order chi connectivity index (χ1) is 17.2. The molecule has 5 nitrogen and oxygen atoms in total. The Kier molecular flexibility index (Phi) is 10.7. The molecule has 0 aromatic heterocycles. The number of hydrogen-bond donors (Lipinski definition) is 1. The molecule has 2 aromatic rings. The van der Waals surface area contributed by atoms with E-state index >= 15 is 0 Å². The maximum Gasteiger partial charge on any atom is 0.306 e. The molecular weight excluding hydrogens is 488 g/mol. The summed E-state index contributed by atoms with van der Waals surface area (Å²) in [6.45, 7) is 6.98. The zero-order chi connectivity index (χ0) is 26.2. The highest BCUT2D eigenvalue weighted by Crippen LogP contribution is 2.28. The van der Waals surface area contributed by atoms with E-state index in [4.69, 9.17) is 21.1 Å². The van der Waals surface area contributed by atoms with Crippen molar-refractivity contribution < 1.29 is 28.2 Å². The van der Waals surface area contributed by atoms with Crippen molar-refractivity contribution in [1.82, 2.24) is 4.90 Å². The van der Waals surface area contributed by atoms with Crippen molar-refractivity contribution in [3.8, 4) is 0 Å². The lowest BCUT2D eigenvalue weighted by Gasteiger charge is -2.28. The number of benzene rings is 2. The Bertz CT molecular complexity index is 1030. The summed E-state index contributed by atoms with van der Waals surface area (Å²) in [5.74, 6) is -1.87. The molecule has 0 bridgehead atoms. The molecule has 3 rings (SSSR count). The van der Waals surface area contributed by atoms with Crippen LogP contribution >= 0.6 is 11.6 Å². The van der Waals surface area contributed by atoms with Gasteiger partial charge in [-0.2, -0.15) is 0 Å². The van der Waals surface area contributed by atoms with Gasteiger partial charge in [0.2, 0.25) is 0 Å². The molecule has 8 heteroatoms. The summed E-state index contributed by atoms with van der Waals surface area (Å²) < 4.78 is 39.3. The van der Waals surface area contributed by atoms with Gasteiger partial charge in [-0.15, -0.1) is 0 Å². The lowest BCUT2D eigenvalue weighted by atomic mass is 9.98. The predicted molar refractivity (Wildman–Crippen MR) is 136 cm³/mol. The average molecular weight is 524 g/mol. The van der Waals surface area contributed by atoms with E-state index in [-0.39, 0.29) is 31.6 Å². The molecule has 1 N–H and O–H groups in total. The second kappa shape index (κ2) is 13.5. The van der Waals surface area contributed by atoms with Crippen LogP contribution in [0.2, 0.25) is 5.02 Å². The van der Waals surface area contributed by atoms with E-state index in [0.717, 1.165) is 42.5 Å². The Labute approximate surface area is 217 Å². The molecule has 2 aromatic carbocycles. The van der Waals surface area contributed by atoms with Crippen LogP contribution in [-0.4, -0.2) is 54.4 Å². The molecular formula is C28H36ClF2NO4. The van der Waals surface area contributed by atoms with E-state index < -0.39 is 29.8 Å². The van der Waals surface area contributed by atoms with Gasteiger partial charge < -0.3 is 14.6 Å². The second-order valence-electron chi connectivity index (χ2n) is 9.47. The lowest BCUT2D eigenvalue weighted by molar-refractivity contribution is -0.143. The number of likely N-dealkylation sites (tertiary alicyclic amines) is 1. The number of halogens is 3. The Morgan fingerprint density at radius 3 is 2.78 bits per heavy atom. The largest absolute Gasteiger partial charge is 0.466 e. The SMILES string of the molecule is CCOC(=O)CCc1c(F)cc(F)cc1[C@@H](C)OC[C@H](O)CN1CCC[C@H]1Cc1ccc(C)c(Cl)c1. The number of aliphatic hydroxyl groups excluding tert-OH is 1. The molecule has 3 atom stereocenters. The summed E-state index contributed by atoms with van der Waals surface area (Å²) >= 11 is 6.28. The van der Waals surface area contributed by atoms with Crippen LogP contribution in [0, 0.1) is 18.6 Å². The maximum absolute atomic E-state index is 14.5. The highest BCUT2D eigenvalue weighted by Gasteiger charge is 2.27. The fourth-order valence-corrected chi connectivity index (χ4v) is 4.98. The first kappa shape index (κ1) is 28.5. The van der Waals surface area contributed by atoms with Gasteiger partial charge in [0.15, 0.2) is 0 Å². The van der Waals surface area contributed by atoms with E-state index in [9.17, 15) is 18.7 Å². The number of rotatable bonds is 12. The topological polar surface area (TPSA) is 59.0 Å². The Morgan fingerprint density at radius 2 is 2.06 bits per heavy atom. The number of carbonyl (C=O) groups excluding carboxylic acids is 1.